The van der Waals surface area contributed by atoms with Crippen molar-refractivity contribution in [3.63, 3.8) is 0 Å². The predicted molar refractivity (Wildman–Crippen MR) is 156 cm³/mol. The van der Waals surface area contributed by atoms with Gasteiger partial charge in [-0.05, 0) is 53.4 Å². The van der Waals surface area contributed by atoms with Crippen LogP contribution < -0.4 is 15.0 Å². The van der Waals surface area contributed by atoms with Crippen LogP contribution in [-0.4, -0.2) is 46.9 Å². The number of methoxy groups -OCH3 is 2. The summed E-state index contributed by atoms with van der Waals surface area (Å²) in [6, 6.07) is 19.7. The lowest BCUT2D eigenvalue weighted by molar-refractivity contribution is -0.141. The SMILES string of the molecule is COc1ccc(C2CC(c3c(Cc4ccccc4)c4cc(Cl)ccc4[nH]c3=O)=NN2C(=O)CCC(=O)O)cc1OC. The van der Waals surface area contributed by atoms with Gasteiger partial charge < -0.3 is 19.6 Å². The highest BCUT2D eigenvalue weighted by molar-refractivity contribution is 6.31. The van der Waals surface area contributed by atoms with E-state index in [2.05, 4.69) is 10.1 Å². The first-order valence-electron chi connectivity index (χ1n) is 13.0. The number of hydrogen-bond donors (Lipinski definition) is 2. The van der Waals surface area contributed by atoms with Gasteiger partial charge in [0.05, 0.1) is 38.0 Å². The summed E-state index contributed by atoms with van der Waals surface area (Å²) in [6.45, 7) is 0. The van der Waals surface area contributed by atoms with Crippen molar-refractivity contribution in [1.82, 2.24) is 9.99 Å². The molecule has 4 aromatic rings. The smallest absolute Gasteiger partial charge is 0.303 e. The zero-order valence-electron chi connectivity index (χ0n) is 22.5. The van der Waals surface area contributed by atoms with Crippen molar-refractivity contribution in [1.29, 1.82) is 0 Å². The summed E-state index contributed by atoms with van der Waals surface area (Å²) in [4.78, 5) is 41.1. The van der Waals surface area contributed by atoms with Crippen molar-refractivity contribution in [3.8, 4) is 11.5 Å². The van der Waals surface area contributed by atoms with E-state index in [4.69, 9.17) is 21.1 Å². The summed E-state index contributed by atoms with van der Waals surface area (Å²) in [6.07, 6.45) is 0.0821. The number of aromatic amines is 1. The number of benzene rings is 3. The Hall–Kier alpha value is -4.63. The Morgan fingerprint density at radius 2 is 1.78 bits per heavy atom. The van der Waals surface area contributed by atoms with Crippen LogP contribution in [0.15, 0.2) is 76.6 Å². The molecule has 0 bridgehead atoms. The second-order valence-electron chi connectivity index (χ2n) is 9.67. The monoisotopic (exact) mass is 573 g/mol. The van der Waals surface area contributed by atoms with Crippen molar-refractivity contribution in [2.24, 2.45) is 5.10 Å². The van der Waals surface area contributed by atoms with Gasteiger partial charge in [0, 0.05) is 28.8 Å². The van der Waals surface area contributed by atoms with Gasteiger partial charge in [-0.2, -0.15) is 5.10 Å². The van der Waals surface area contributed by atoms with Crippen molar-refractivity contribution in [2.75, 3.05) is 14.2 Å². The number of halogens is 1. The van der Waals surface area contributed by atoms with Gasteiger partial charge in [0.15, 0.2) is 11.5 Å². The van der Waals surface area contributed by atoms with E-state index in [0.29, 0.717) is 45.3 Å². The topological polar surface area (TPSA) is 121 Å². The highest BCUT2D eigenvalue weighted by Crippen LogP contribution is 2.38. The van der Waals surface area contributed by atoms with E-state index in [1.54, 1.807) is 30.3 Å². The Kier molecular flexibility index (Phi) is 8.07. The van der Waals surface area contributed by atoms with Crippen molar-refractivity contribution >= 4 is 40.1 Å². The number of rotatable bonds is 9. The summed E-state index contributed by atoms with van der Waals surface area (Å²) >= 11 is 6.38. The van der Waals surface area contributed by atoms with Crippen LogP contribution in [-0.2, 0) is 16.0 Å². The van der Waals surface area contributed by atoms with Crippen molar-refractivity contribution < 1.29 is 24.2 Å². The number of aromatic nitrogens is 1. The van der Waals surface area contributed by atoms with Crippen molar-refractivity contribution in [3.05, 3.63) is 104 Å². The van der Waals surface area contributed by atoms with Crippen molar-refractivity contribution in [2.45, 2.75) is 31.7 Å². The number of carboxylic acids is 1. The third kappa shape index (κ3) is 5.81. The van der Waals surface area contributed by atoms with E-state index in [1.807, 2.05) is 36.4 Å². The normalized spacial score (nSPS) is 14.7. The molecule has 0 spiro atoms. The molecule has 0 radical (unpaired) electrons. The standard InChI is InChI=1S/C31H28ClN3O6/c1-40-26-11-8-19(15-27(26)41-2)25-17-24(34-35(25)28(36)12-13-29(37)38)30-22(14-18-6-4-3-5-7-18)21-16-20(32)9-10-23(21)33-31(30)39/h3-11,15-16,25H,12-14,17H2,1-2H3,(H,33,39)(H,37,38). The van der Waals surface area contributed by atoms with Gasteiger partial charge in [0.2, 0.25) is 5.91 Å². The largest absolute Gasteiger partial charge is 0.493 e. The van der Waals surface area contributed by atoms with E-state index in [1.165, 1.54) is 19.2 Å². The van der Waals surface area contributed by atoms with Crippen LogP contribution in [0.5, 0.6) is 11.5 Å². The molecule has 1 aliphatic heterocycles. The van der Waals surface area contributed by atoms with E-state index < -0.39 is 17.9 Å². The fraction of sp³-hybridized carbons (Fsp3) is 0.226. The van der Waals surface area contributed by atoms with E-state index in [-0.39, 0.29) is 24.8 Å². The number of pyridine rings is 1. The molecular weight excluding hydrogens is 546 g/mol. The lowest BCUT2D eigenvalue weighted by Gasteiger charge is -2.22. The fourth-order valence-electron chi connectivity index (χ4n) is 5.16. The number of carbonyl (C=O) groups is 2. The molecule has 0 fully saturated rings. The Balaban J connectivity index is 1.66. The molecule has 1 amide bonds. The molecule has 0 saturated heterocycles. The van der Waals surface area contributed by atoms with Gasteiger partial charge >= 0.3 is 5.97 Å². The second-order valence-corrected chi connectivity index (χ2v) is 10.1. The lowest BCUT2D eigenvalue weighted by atomic mass is 9.91. The molecule has 1 unspecified atom stereocenters. The number of nitrogens with zero attached hydrogens (tertiary/aromatic N) is 2. The number of amides is 1. The third-order valence-corrected chi connectivity index (χ3v) is 7.34. The summed E-state index contributed by atoms with van der Waals surface area (Å²) in [7, 11) is 3.05. The number of carboxylic acid groups (broad SMARTS) is 1. The zero-order chi connectivity index (χ0) is 29.1. The number of aliphatic carboxylic acids is 1. The maximum atomic E-state index is 13.6. The minimum absolute atomic E-state index is 0.227. The maximum absolute atomic E-state index is 13.6. The van der Waals surface area contributed by atoms with Crippen LogP contribution in [0, 0.1) is 0 Å². The van der Waals surface area contributed by atoms with Crippen LogP contribution in [0.3, 0.4) is 0 Å². The number of carbonyl (C=O) groups excluding carboxylic acids is 1. The number of fused-ring (bicyclic) bond motifs is 1. The number of hydrogen-bond acceptors (Lipinski definition) is 6. The maximum Gasteiger partial charge on any atom is 0.303 e. The molecule has 2 N–H and O–H groups in total. The quantitative estimate of drug-likeness (QED) is 0.279. The molecule has 3 aromatic carbocycles. The van der Waals surface area contributed by atoms with Crippen LogP contribution in [0.1, 0.15) is 47.6 Å². The predicted octanol–water partition coefficient (Wildman–Crippen LogP) is 5.33. The molecule has 1 aromatic heterocycles. The molecule has 9 nitrogen and oxygen atoms in total. The van der Waals surface area contributed by atoms with Gasteiger partial charge in [-0.15, -0.1) is 0 Å². The number of hydrazone groups is 1. The van der Waals surface area contributed by atoms with Gasteiger partial charge in [-0.25, -0.2) is 5.01 Å². The van der Waals surface area contributed by atoms with Crippen LogP contribution in [0.25, 0.3) is 10.9 Å². The summed E-state index contributed by atoms with van der Waals surface area (Å²) < 4.78 is 10.8. The first kappa shape index (κ1) is 27.9. The zero-order valence-corrected chi connectivity index (χ0v) is 23.3. The van der Waals surface area contributed by atoms with Crippen LogP contribution >= 0.6 is 11.6 Å². The molecule has 1 atom stereocenters. The first-order chi connectivity index (χ1) is 19.8. The summed E-state index contributed by atoms with van der Waals surface area (Å²) in [5, 5.41) is 16.4. The first-order valence-corrected chi connectivity index (χ1v) is 13.4. The summed E-state index contributed by atoms with van der Waals surface area (Å²) in [5.41, 5.74) is 3.51. The Labute approximate surface area is 241 Å². The molecular formula is C31H28ClN3O6. The fourth-order valence-corrected chi connectivity index (χ4v) is 5.33. The molecule has 2 heterocycles. The average molecular weight is 574 g/mol. The molecule has 41 heavy (non-hydrogen) atoms. The van der Waals surface area contributed by atoms with Gasteiger partial charge in [0.25, 0.3) is 5.56 Å². The average Bonchev–Trinajstić information content (AvgIpc) is 3.41. The number of H-pyrrole nitrogens is 1. The highest BCUT2D eigenvalue weighted by atomic mass is 35.5. The summed E-state index contributed by atoms with van der Waals surface area (Å²) in [5.74, 6) is -0.559. The Bertz CT molecular complexity index is 1720. The lowest BCUT2D eigenvalue weighted by Crippen LogP contribution is -2.27. The number of nitrogens with one attached hydrogen (secondary N) is 1. The minimum Gasteiger partial charge on any atom is -0.493 e. The van der Waals surface area contributed by atoms with Gasteiger partial charge in [-0.3, -0.25) is 14.4 Å². The molecule has 1 aliphatic rings. The minimum atomic E-state index is -1.09. The van der Waals surface area contributed by atoms with Gasteiger partial charge in [0.1, 0.15) is 0 Å². The molecule has 5 rings (SSSR count). The molecule has 210 valence electrons. The Morgan fingerprint density at radius 3 is 2.49 bits per heavy atom. The molecule has 0 saturated carbocycles. The second kappa shape index (κ2) is 11.9. The van der Waals surface area contributed by atoms with Crippen LogP contribution in [0.2, 0.25) is 5.02 Å². The molecule has 10 heteroatoms. The van der Waals surface area contributed by atoms with E-state index in [0.717, 1.165) is 16.5 Å². The third-order valence-electron chi connectivity index (χ3n) is 7.11. The Morgan fingerprint density at radius 1 is 1.02 bits per heavy atom. The van der Waals surface area contributed by atoms with E-state index >= 15 is 0 Å². The van der Waals surface area contributed by atoms with Gasteiger partial charge in [-0.1, -0.05) is 48.0 Å². The number of ether oxygens (including phenoxy) is 2. The highest BCUT2D eigenvalue weighted by Gasteiger charge is 2.35. The molecule has 0 aliphatic carbocycles. The van der Waals surface area contributed by atoms with E-state index in [9.17, 15) is 19.5 Å². The van der Waals surface area contributed by atoms with Crippen LogP contribution in [0.4, 0.5) is 0 Å².